The van der Waals surface area contributed by atoms with E-state index in [1.54, 1.807) is 18.3 Å². The Morgan fingerprint density at radius 2 is 2.28 bits per heavy atom. The van der Waals surface area contributed by atoms with Gasteiger partial charge in [-0.25, -0.2) is 4.98 Å². The van der Waals surface area contributed by atoms with Crippen LogP contribution in [-0.4, -0.2) is 17.4 Å². The lowest BCUT2D eigenvalue weighted by Crippen LogP contribution is -1.99. The fourth-order valence-corrected chi connectivity index (χ4v) is 3.09. The Balaban J connectivity index is 2.18. The van der Waals surface area contributed by atoms with E-state index >= 15 is 0 Å². The van der Waals surface area contributed by atoms with Crippen LogP contribution in [0.25, 0.3) is 11.3 Å². The number of hydrogen-bond acceptors (Lipinski definition) is 4. The minimum absolute atomic E-state index is 0.0559. The number of ketones is 1. The molecule has 2 heterocycles. The maximum atomic E-state index is 11.4. The lowest BCUT2D eigenvalue weighted by Gasteiger charge is -2.08. The largest absolute Gasteiger partial charge is 0.492 e. The van der Waals surface area contributed by atoms with E-state index < -0.39 is 0 Å². The Morgan fingerprint density at radius 1 is 1.44 bits per heavy atom. The maximum Gasteiger partial charge on any atom is 0.159 e. The monoisotopic (exact) mass is 259 g/mol. The highest BCUT2D eigenvalue weighted by Gasteiger charge is 2.20. The van der Waals surface area contributed by atoms with Crippen LogP contribution >= 0.6 is 11.3 Å². The molecule has 0 aliphatic carbocycles. The first-order chi connectivity index (χ1) is 8.65. The number of Topliss-reactive ketones (excluding diaryl/α,β-unsaturated/α-hetero) is 1. The first-order valence-corrected chi connectivity index (χ1v) is 6.71. The number of aryl methyl sites for hydroxylation is 1. The summed E-state index contributed by atoms with van der Waals surface area (Å²) in [7, 11) is 0. The van der Waals surface area contributed by atoms with E-state index in [0.29, 0.717) is 12.2 Å². The van der Waals surface area contributed by atoms with E-state index in [1.165, 1.54) is 4.88 Å². The van der Waals surface area contributed by atoms with E-state index in [4.69, 9.17) is 4.74 Å². The molecule has 1 aliphatic heterocycles. The summed E-state index contributed by atoms with van der Waals surface area (Å²) in [5.74, 6) is 0.826. The number of aromatic nitrogens is 1. The Morgan fingerprint density at radius 3 is 3.06 bits per heavy atom. The minimum atomic E-state index is 0.0559. The SMILES string of the molecule is CC(=O)c1ccc2c(c1)OCCc1sc(C)nc1-2. The molecule has 3 rings (SSSR count). The molecule has 0 fully saturated rings. The van der Waals surface area contributed by atoms with Gasteiger partial charge < -0.3 is 4.74 Å². The number of rotatable bonds is 1. The summed E-state index contributed by atoms with van der Waals surface area (Å²) in [6, 6.07) is 5.60. The Kier molecular flexibility index (Phi) is 2.67. The van der Waals surface area contributed by atoms with Crippen LogP contribution in [0.15, 0.2) is 18.2 Å². The number of nitrogens with zero attached hydrogens (tertiary/aromatic N) is 1. The highest BCUT2D eigenvalue weighted by Crippen LogP contribution is 2.37. The zero-order valence-corrected chi connectivity index (χ0v) is 11.1. The summed E-state index contributed by atoms with van der Waals surface area (Å²) in [6.45, 7) is 4.23. The fraction of sp³-hybridized carbons (Fsp3) is 0.286. The molecule has 0 spiro atoms. The van der Waals surface area contributed by atoms with Gasteiger partial charge in [0, 0.05) is 22.4 Å². The molecule has 18 heavy (non-hydrogen) atoms. The van der Waals surface area contributed by atoms with Gasteiger partial charge in [0.05, 0.1) is 17.3 Å². The van der Waals surface area contributed by atoms with Gasteiger partial charge in [0.1, 0.15) is 5.75 Å². The molecule has 0 saturated heterocycles. The van der Waals surface area contributed by atoms with Crippen LogP contribution in [0, 0.1) is 6.92 Å². The highest BCUT2D eigenvalue weighted by atomic mass is 32.1. The van der Waals surface area contributed by atoms with Gasteiger partial charge in [-0.05, 0) is 26.0 Å². The quantitative estimate of drug-likeness (QED) is 0.738. The summed E-state index contributed by atoms with van der Waals surface area (Å²) < 4.78 is 5.73. The molecule has 0 bridgehead atoms. The summed E-state index contributed by atoms with van der Waals surface area (Å²) in [5, 5.41) is 1.07. The van der Waals surface area contributed by atoms with E-state index in [0.717, 1.165) is 28.4 Å². The van der Waals surface area contributed by atoms with Crippen molar-refractivity contribution in [1.29, 1.82) is 0 Å². The predicted molar refractivity (Wildman–Crippen MR) is 71.5 cm³/mol. The van der Waals surface area contributed by atoms with Gasteiger partial charge in [0.15, 0.2) is 5.78 Å². The first-order valence-electron chi connectivity index (χ1n) is 5.89. The van der Waals surface area contributed by atoms with Crippen molar-refractivity contribution in [2.24, 2.45) is 0 Å². The molecular weight excluding hydrogens is 246 g/mol. The lowest BCUT2D eigenvalue weighted by atomic mass is 10.0. The van der Waals surface area contributed by atoms with Crippen molar-refractivity contribution >= 4 is 17.1 Å². The number of carbonyl (C=O) groups is 1. The predicted octanol–water partition coefficient (Wildman–Crippen LogP) is 3.26. The molecule has 0 amide bonds. The van der Waals surface area contributed by atoms with E-state index in [9.17, 15) is 4.79 Å². The molecule has 0 radical (unpaired) electrons. The molecule has 4 heteroatoms. The van der Waals surface area contributed by atoms with Crippen LogP contribution in [0.3, 0.4) is 0 Å². The van der Waals surface area contributed by atoms with Crippen LogP contribution in [0.5, 0.6) is 5.75 Å². The molecule has 1 aromatic carbocycles. The summed E-state index contributed by atoms with van der Waals surface area (Å²) >= 11 is 1.72. The molecule has 3 nitrogen and oxygen atoms in total. The smallest absolute Gasteiger partial charge is 0.159 e. The molecule has 1 aliphatic rings. The third-order valence-electron chi connectivity index (χ3n) is 3.03. The fourth-order valence-electron chi connectivity index (χ4n) is 2.16. The lowest BCUT2D eigenvalue weighted by molar-refractivity contribution is 0.101. The van der Waals surface area contributed by atoms with E-state index in [1.807, 2.05) is 25.1 Å². The second-order valence-corrected chi connectivity index (χ2v) is 5.66. The van der Waals surface area contributed by atoms with Gasteiger partial charge >= 0.3 is 0 Å². The number of fused-ring (bicyclic) bond motifs is 3. The average molecular weight is 259 g/mol. The molecule has 0 N–H and O–H groups in total. The summed E-state index contributed by atoms with van der Waals surface area (Å²) in [4.78, 5) is 17.2. The van der Waals surface area contributed by atoms with Crippen LogP contribution in [0.4, 0.5) is 0 Å². The number of ether oxygens (including phenoxy) is 1. The van der Waals surface area contributed by atoms with Crippen molar-refractivity contribution < 1.29 is 9.53 Å². The van der Waals surface area contributed by atoms with Crippen LogP contribution in [0.2, 0.25) is 0 Å². The normalized spacial score (nSPS) is 13.2. The second kappa shape index (κ2) is 4.21. The van der Waals surface area contributed by atoms with Crippen molar-refractivity contribution in [1.82, 2.24) is 4.98 Å². The van der Waals surface area contributed by atoms with E-state index in [2.05, 4.69) is 4.98 Å². The molecule has 92 valence electrons. The Hall–Kier alpha value is -1.68. The average Bonchev–Trinajstić information content (AvgIpc) is 2.62. The third-order valence-corrected chi connectivity index (χ3v) is 4.06. The van der Waals surface area contributed by atoms with Crippen LogP contribution in [0.1, 0.15) is 27.2 Å². The van der Waals surface area contributed by atoms with Gasteiger partial charge in [-0.2, -0.15) is 0 Å². The van der Waals surface area contributed by atoms with Gasteiger partial charge in [-0.1, -0.05) is 6.07 Å². The van der Waals surface area contributed by atoms with Crippen molar-refractivity contribution in [2.45, 2.75) is 20.3 Å². The number of benzene rings is 1. The molecular formula is C14H13NO2S. The van der Waals surface area contributed by atoms with Gasteiger partial charge in [-0.3, -0.25) is 4.79 Å². The minimum Gasteiger partial charge on any atom is -0.492 e. The van der Waals surface area contributed by atoms with Crippen molar-refractivity contribution in [3.05, 3.63) is 33.6 Å². The summed E-state index contributed by atoms with van der Waals surface area (Å²) in [6.07, 6.45) is 0.880. The third kappa shape index (κ3) is 1.82. The van der Waals surface area contributed by atoms with Crippen LogP contribution < -0.4 is 4.74 Å². The first kappa shape index (κ1) is 11.4. The van der Waals surface area contributed by atoms with Gasteiger partial charge in [0.25, 0.3) is 0 Å². The highest BCUT2D eigenvalue weighted by molar-refractivity contribution is 7.12. The molecule has 1 aromatic heterocycles. The number of hydrogen-bond donors (Lipinski definition) is 0. The van der Waals surface area contributed by atoms with E-state index in [-0.39, 0.29) is 5.78 Å². The summed E-state index contributed by atoms with van der Waals surface area (Å²) in [5.41, 5.74) is 2.70. The Bertz CT molecular complexity index is 631. The number of carbonyl (C=O) groups excluding carboxylic acids is 1. The van der Waals surface area contributed by atoms with Crippen molar-refractivity contribution in [3.8, 4) is 17.0 Å². The molecule has 0 unspecified atom stereocenters. The van der Waals surface area contributed by atoms with Gasteiger partial charge in [0.2, 0.25) is 0 Å². The maximum absolute atomic E-state index is 11.4. The number of thiazole rings is 1. The molecule has 2 aromatic rings. The zero-order chi connectivity index (χ0) is 12.7. The second-order valence-electron chi connectivity index (χ2n) is 4.37. The van der Waals surface area contributed by atoms with Gasteiger partial charge in [-0.15, -0.1) is 11.3 Å². The topological polar surface area (TPSA) is 39.2 Å². The Labute approximate surface area is 109 Å². The molecule has 0 saturated carbocycles. The zero-order valence-electron chi connectivity index (χ0n) is 10.3. The standard InChI is InChI=1S/C14H13NO2S/c1-8(16)10-3-4-11-12(7-10)17-6-5-13-14(11)15-9(2)18-13/h3-4,7H,5-6H2,1-2H3. The van der Waals surface area contributed by atoms with Crippen molar-refractivity contribution in [2.75, 3.05) is 6.61 Å². The van der Waals surface area contributed by atoms with Crippen molar-refractivity contribution in [3.63, 3.8) is 0 Å². The van der Waals surface area contributed by atoms with Crippen LogP contribution in [-0.2, 0) is 6.42 Å². The molecule has 0 atom stereocenters.